The van der Waals surface area contributed by atoms with E-state index in [2.05, 4.69) is 55.1 Å². The molecule has 19 heavy (non-hydrogen) atoms. The lowest BCUT2D eigenvalue weighted by Gasteiger charge is -1.91. The van der Waals surface area contributed by atoms with Gasteiger partial charge in [-0.15, -0.1) is 0 Å². The molecule has 0 aliphatic heterocycles. The fourth-order valence-electron chi connectivity index (χ4n) is 1.58. The number of hydrogen-bond donors (Lipinski definition) is 0. The summed E-state index contributed by atoms with van der Waals surface area (Å²) >= 11 is 0. The number of ether oxygens (including phenoxy) is 1. The average Bonchev–Trinajstić information content (AvgIpc) is 2.46. The summed E-state index contributed by atoms with van der Waals surface area (Å²) in [4.78, 5) is 0. The standard InChI is InChI=1S/C18H22O/c1-2-19-17-13-8-6-4-3-5-7-10-14-18-15-11-9-12-16-18/h2-4,9-17H,1,5-8H2/b4-3+,14-10+,17-13+. The molecule has 100 valence electrons. The molecule has 1 aromatic carbocycles. The molecule has 0 atom stereocenters. The Hall–Kier alpha value is -2.02. The van der Waals surface area contributed by atoms with E-state index in [0.717, 1.165) is 25.7 Å². The molecule has 0 bridgehead atoms. The molecule has 0 spiro atoms. The second-order valence-electron chi connectivity index (χ2n) is 4.11. The normalized spacial score (nSPS) is 11.6. The SMILES string of the molecule is C=CO/C=C/CC/C=C/CC/C=C/c1ccccc1. The Kier molecular flexibility index (Phi) is 8.78. The van der Waals surface area contributed by atoms with Crippen molar-refractivity contribution >= 4 is 6.08 Å². The molecule has 0 saturated carbocycles. The first-order chi connectivity index (χ1) is 9.43. The first-order valence-electron chi connectivity index (χ1n) is 6.71. The summed E-state index contributed by atoms with van der Waals surface area (Å²) in [5, 5.41) is 0. The predicted octanol–water partition coefficient (Wildman–Crippen LogP) is 5.49. The molecule has 1 heteroatoms. The van der Waals surface area contributed by atoms with Crippen molar-refractivity contribution in [1.29, 1.82) is 0 Å². The van der Waals surface area contributed by atoms with Crippen molar-refractivity contribution < 1.29 is 4.74 Å². The second-order valence-corrected chi connectivity index (χ2v) is 4.11. The lowest BCUT2D eigenvalue weighted by Crippen LogP contribution is -1.70. The van der Waals surface area contributed by atoms with Crippen molar-refractivity contribution in [2.75, 3.05) is 0 Å². The van der Waals surface area contributed by atoms with Gasteiger partial charge in [0.1, 0.15) is 0 Å². The molecule has 0 fully saturated rings. The molecule has 1 aromatic rings. The number of unbranched alkanes of at least 4 members (excludes halogenated alkanes) is 2. The molecule has 0 unspecified atom stereocenters. The van der Waals surface area contributed by atoms with E-state index in [4.69, 9.17) is 4.74 Å². The van der Waals surface area contributed by atoms with Gasteiger partial charge in [-0.2, -0.15) is 0 Å². The molecule has 0 aliphatic rings. The van der Waals surface area contributed by atoms with Gasteiger partial charge in [0, 0.05) is 0 Å². The third-order valence-corrected chi connectivity index (χ3v) is 2.55. The minimum Gasteiger partial charge on any atom is -0.474 e. The van der Waals surface area contributed by atoms with E-state index in [-0.39, 0.29) is 0 Å². The van der Waals surface area contributed by atoms with Crippen LogP contribution in [0.4, 0.5) is 0 Å². The van der Waals surface area contributed by atoms with Crippen molar-refractivity contribution in [2.45, 2.75) is 25.7 Å². The Morgan fingerprint density at radius 1 is 0.842 bits per heavy atom. The smallest absolute Gasteiger partial charge is 0.0861 e. The van der Waals surface area contributed by atoms with E-state index in [0.29, 0.717) is 0 Å². The number of rotatable bonds is 9. The summed E-state index contributed by atoms with van der Waals surface area (Å²) in [6.45, 7) is 3.46. The van der Waals surface area contributed by atoms with E-state index in [9.17, 15) is 0 Å². The fraction of sp³-hybridized carbons (Fsp3) is 0.222. The number of benzene rings is 1. The van der Waals surface area contributed by atoms with Crippen LogP contribution in [0.3, 0.4) is 0 Å². The summed E-state index contributed by atoms with van der Waals surface area (Å²) in [5.74, 6) is 0. The van der Waals surface area contributed by atoms with Crippen molar-refractivity contribution in [2.24, 2.45) is 0 Å². The minimum atomic E-state index is 1.00. The Morgan fingerprint density at radius 2 is 1.47 bits per heavy atom. The van der Waals surface area contributed by atoms with Crippen LogP contribution in [0.5, 0.6) is 0 Å². The summed E-state index contributed by atoms with van der Waals surface area (Å²) in [6, 6.07) is 10.4. The summed E-state index contributed by atoms with van der Waals surface area (Å²) < 4.78 is 4.89. The van der Waals surface area contributed by atoms with Crippen LogP contribution >= 0.6 is 0 Å². The molecule has 1 rings (SSSR count). The van der Waals surface area contributed by atoms with Crippen molar-refractivity contribution in [3.05, 3.63) is 79.3 Å². The zero-order chi connectivity index (χ0) is 13.6. The van der Waals surface area contributed by atoms with Gasteiger partial charge in [0.25, 0.3) is 0 Å². The first-order valence-corrected chi connectivity index (χ1v) is 6.71. The summed E-state index contributed by atoms with van der Waals surface area (Å²) in [7, 11) is 0. The van der Waals surface area contributed by atoms with Crippen LogP contribution in [-0.2, 0) is 4.74 Å². The quantitative estimate of drug-likeness (QED) is 0.321. The van der Waals surface area contributed by atoms with Crippen LogP contribution in [0, 0.1) is 0 Å². The van der Waals surface area contributed by atoms with Crippen LogP contribution in [0.2, 0.25) is 0 Å². The van der Waals surface area contributed by atoms with E-state index < -0.39 is 0 Å². The summed E-state index contributed by atoms with van der Waals surface area (Å²) in [5.41, 5.74) is 1.26. The van der Waals surface area contributed by atoms with Crippen LogP contribution in [0.15, 0.2) is 73.7 Å². The first kappa shape index (κ1) is 15.0. The predicted molar refractivity (Wildman–Crippen MR) is 83.5 cm³/mol. The molecule has 0 amide bonds. The molecule has 0 radical (unpaired) electrons. The topological polar surface area (TPSA) is 9.23 Å². The van der Waals surface area contributed by atoms with Gasteiger partial charge >= 0.3 is 0 Å². The van der Waals surface area contributed by atoms with Crippen molar-refractivity contribution in [1.82, 2.24) is 0 Å². The lowest BCUT2D eigenvalue weighted by atomic mass is 10.2. The van der Waals surface area contributed by atoms with E-state index in [1.165, 1.54) is 11.8 Å². The van der Waals surface area contributed by atoms with Gasteiger partial charge < -0.3 is 4.74 Å². The minimum absolute atomic E-state index is 1.00. The molecule has 1 nitrogen and oxygen atoms in total. The third-order valence-electron chi connectivity index (χ3n) is 2.55. The highest BCUT2D eigenvalue weighted by molar-refractivity contribution is 5.48. The van der Waals surface area contributed by atoms with E-state index in [1.54, 1.807) is 6.26 Å². The zero-order valence-corrected chi connectivity index (χ0v) is 11.4. The lowest BCUT2D eigenvalue weighted by molar-refractivity contribution is 0.402. The average molecular weight is 254 g/mol. The maximum Gasteiger partial charge on any atom is 0.0861 e. The highest BCUT2D eigenvalue weighted by atomic mass is 16.5. The van der Waals surface area contributed by atoms with Crippen LogP contribution in [0.1, 0.15) is 31.2 Å². The van der Waals surface area contributed by atoms with Crippen LogP contribution in [0.25, 0.3) is 6.08 Å². The number of allylic oxidation sites excluding steroid dienone is 4. The molecule has 0 aromatic heterocycles. The van der Waals surface area contributed by atoms with Gasteiger partial charge in [0.15, 0.2) is 0 Å². The Bertz CT molecular complexity index is 413. The maximum atomic E-state index is 4.89. The molecule has 0 saturated heterocycles. The highest BCUT2D eigenvalue weighted by Crippen LogP contribution is 2.03. The second kappa shape index (κ2) is 11.1. The Balaban J connectivity index is 2.04. The van der Waals surface area contributed by atoms with Gasteiger partial charge in [-0.1, -0.05) is 61.2 Å². The number of hydrogen-bond acceptors (Lipinski definition) is 1. The van der Waals surface area contributed by atoms with E-state index >= 15 is 0 Å². The fourth-order valence-corrected chi connectivity index (χ4v) is 1.58. The third kappa shape index (κ3) is 8.67. The van der Waals surface area contributed by atoms with Gasteiger partial charge in [0.05, 0.1) is 12.5 Å². The maximum absolute atomic E-state index is 4.89. The molecule has 0 N–H and O–H groups in total. The van der Waals surface area contributed by atoms with Gasteiger partial charge in [-0.05, 0) is 37.3 Å². The Morgan fingerprint density at radius 3 is 2.16 bits per heavy atom. The van der Waals surface area contributed by atoms with Gasteiger partial charge in [-0.25, -0.2) is 0 Å². The molecular weight excluding hydrogens is 232 g/mol. The Labute approximate surface area is 116 Å². The largest absolute Gasteiger partial charge is 0.474 e. The van der Waals surface area contributed by atoms with E-state index in [1.807, 2.05) is 12.1 Å². The molecular formula is C18H22O. The van der Waals surface area contributed by atoms with Gasteiger partial charge in [0.2, 0.25) is 0 Å². The van der Waals surface area contributed by atoms with Crippen LogP contribution in [-0.4, -0.2) is 0 Å². The monoisotopic (exact) mass is 254 g/mol. The summed E-state index contributed by atoms with van der Waals surface area (Å²) in [6.07, 6.45) is 18.2. The van der Waals surface area contributed by atoms with Crippen LogP contribution < -0.4 is 0 Å². The molecule has 0 heterocycles. The van der Waals surface area contributed by atoms with Gasteiger partial charge in [-0.3, -0.25) is 0 Å². The highest BCUT2D eigenvalue weighted by Gasteiger charge is 1.82. The van der Waals surface area contributed by atoms with Crippen molar-refractivity contribution in [3.63, 3.8) is 0 Å². The van der Waals surface area contributed by atoms with Crippen molar-refractivity contribution in [3.8, 4) is 0 Å². The molecule has 0 aliphatic carbocycles. The zero-order valence-electron chi connectivity index (χ0n) is 11.4.